The highest BCUT2D eigenvalue weighted by molar-refractivity contribution is 5.28. The standard InChI is InChI=1S/C16H27NO/c1-6-16(14-7-9-15(18)10-8-14)17(13(4)5)11-12(2)3/h7-10,12-13,16,18H,6,11H2,1-5H3. The van der Waals surface area contributed by atoms with E-state index in [1.165, 1.54) is 5.56 Å². The van der Waals surface area contributed by atoms with Crippen LogP contribution in [-0.4, -0.2) is 22.6 Å². The first-order chi connectivity index (χ1) is 8.45. The summed E-state index contributed by atoms with van der Waals surface area (Å²) in [5, 5.41) is 9.39. The van der Waals surface area contributed by atoms with Crippen LogP contribution >= 0.6 is 0 Å². The molecule has 0 aromatic heterocycles. The van der Waals surface area contributed by atoms with Crippen molar-refractivity contribution >= 4 is 0 Å². The molecule has 0 aliphatic rings. The highest BCUT2D eigenvalue weighted by atomic mass is 16.3. The van der Waals surface area contributed by atoms with Crippen molar-refractivity contribution in [3.63, 3.8) is 0 Å². The van der Waals surface area contributed by atoms with Crippen LogP contribution in [0.4, 0.5) is 0 Å². The van der Waals surface area contributed by atoms with Gasteiger partial charge >= 0.3 is 0 Å². The van der Waals surface area contributed by atoms with Gasteiger partial charge in [0.15, 0.2) is 0 Å². The van der Waals surface area contributed by atoms with Crippen LogP contribution in [0.3, 0.4) is 0 Å². The predicted octanol–water partition coefficient (Wildman–Crippen LogP) is 4.21. The van der Waals surface area contributed by atoms with Crippen LogP contribution in [0.25, 0.3) is 0 Å². The van der Waals surface area contributed by atoms with Crippen LogP contribution in [0.5, 0.6) is 5.75 Å². The van der Waals surface area contributed by atoms with Crippen LogP contribution < -0.4 is 0 Å². The Bertz CT molecular complexity index is 343. The van der Waals surface area contributed by atoms with E-state index in [1.807, 2.05) is 12.1 Å². The van der Waals surface area contributed by atoms with E-state index in [9.17, 15) is 5.11 Å². The molecule has 1 N–H and O–H groups in total. The van der Waals surface area contributed by atoms with Gasteiger partial charge in [-0.15, -0.1) is 0 Å². The van der Waals surface area contributed by atoms with Crippen LogP contribution in [0.2, 0.25) is 0 Å². The molecule has 0 radical (unpaired) electrons. The van der Waals surface area contributed by atoms with Gasteiger partial charge in [-0.1, -0.05) is 32.9 Å². The Morgan fingerprint density at radius 2 is 1.61 bits per heavy atom. The highest BCUT2D eigenvalue weighted by Gasteiger charge is 2.21. The zero-order valence-electron chi connectivity index (χ0n) is 12.4. The van der Waals surface area contributed by atoms with Crippen LogP contribution in [0, 0.1) is 5.92 Å². The van der Waals surface area contributed by atoms with Gasteiger partial charge in [0.1, 0.15) is 5.75 Å². The predicted molar refractivity (Wildman–Crippen MR) is 77.8 cm³/mol. The van der Waals surface area contributed by atoms with E-state index in [-0.39, 0.29) is 0 Å². The first kappa shape index (κ1) is 15.0. The van der Waals surface area contributed by atoms with Gasteiger partial charge in [-0.25, -0.2) is 0 Å². The number of hydrogen-bond donors (Lipinski definition) is 1. The fourth-order valence-electron chi connectivity index (χ4n) is 2.48. The summed E-state index contributed by atoms with van der Waals surface area (Å²) < 4.78 is 0. The van der Waals surface area contributed by atoms with E-state index >= 15 is 0 Å². The zero-order chi connectivity index (χ0) is 13.7. The lowest BCUT2D eigenvalue weighted by molar-refractivity contribution is 0.131. The minimum atomic E-state index is 0.341. The average Bonchev–Trinajstić information content (AvgIpc) is 2.30. The molecular formula is C16H27NO. The number of rotatable bonds is 6. The van der Waals surface area contributed by atoms with E-state index in [0.717, 1.165) is 13.0 Å². The second-order valence-corrected chi connectivity index (χ2v) is 5.70. The molecule has 2 nitrogen and oxygen atoms in total. The van der Waals surface area contributed by atoms with Gasteiger partial charge in [0.05, 0.1) is 0 Å². The average molecular weight is 249 g/mol. The maximum Gasteiger partial charge on any atom is 0.115 e. The Hall–Kier alpha value is -1.02. The molecule has 0 bridgehead atoms. The van der Waals surface area contributed by atoms with E-state index in [4.69, 9.17) is 0 Å². The summed E-state index contributed by atoms with van der Waals surface area (Å²) in [5.74, 6) is 1.01. The first-order valence-electron chi connectivity index (χ1n) is 7.00. The molecule has 1 atom stereocenters. The number of nitrogens with zero attached hydrogens (tertiary/aromatic N) is 1. The highest BCUT2D eigenvalue weighted by Crippen LogP contribution is 2.28. The van der Waals surface area contributed by atoms with E-state index in [0.29, 0.717) is 23.8 Å². The summed E-state index contributed by atoms with van der Waals surface area (Å²) in [7, 11) is 0. The lowest BCUT2D eigenvalue weighted by Crippen LogP contribution is -2.37. The fraction of sp³-hybridized carbons (Fsp3) is 0.625. The largest absolute Gasteiger partial charge is 0.508 e. The molecule has 0 saturated carbocycles. The van der Waals surface area contributed by atoms with Crippen molar-refractivity contribution in [3.8, 4) is 5.75 Å². The Morgan fingerprint density at radius 3 is 2.00 bits per heavy atom. The number of aromatic hydroxyl groups is 1. The molecule has 0 amide bonds. The van der Waals surface area contributed by atoms with Gasteiger partial charge < -0.3 is 5.11 Å². The molecule has 2 heteroatoms. The molecule has 1 unspecified atom stereocenters. The van der Waals surface area contributed by atoms with Crippen molar-refractivity contribution in [2.24, 2.45) is 5.92 Å². The van der Waals surface area contributed by atoms with Crippen LogP contribution in [-0.2, 0) is 0 Å². The summed E-state index contributed by atoms with van der Waals surface area (Å²) in [6.07, 6.45) is 1.09. The summed E-state index contributed by atoms with van der Waals surface area (Å²) in [5.41, 5.74) is 1.30. The molecule has 1 aromatic rings. The lowest BCUT2D eigenvalue weighted by Gasteiger charge is -2.36. The second kappa shape index (κ2) is 6.79. The summed E-state index contributed by atoms with van der Waals surface area (Å²) in [4.78, 5) is 2.55. The quantitative estimate of drug-likeness (QED) is 0.816. The van der Waals surface area contributed by atoms with Gasteiger partial charge in [0, 0.05) is 18.6 Å². The minimum absolute atomic E-state index is 0.341. The summed E-state index contributed by atoms with van der Waals surface area (Å²) >= 11 is 0. The Morgan fingerprint density at radius 1 is 1.06 bits per heavy atom. The molecule has 0 spiro atoms. The maximum absolute atomic E-state index is 9.39. The third-order valence-corrected chi connectivity index (χ3v) is 3.30. The maximum atomic E-state index is 9.39. The van der Waals surface area contributed by atoms with Crippen molar-refractivity contribution in [1.82, 2.24) is 4.90 Å². The van der Waals surface area contributed by atoms with E-state index in [1.54, 1.807) is 12.1 Å². The van der Waals surface area contributed by atoms with Gasteiger partial charge in [0.25, 0.3) is 0 Å². The normalized spacial score (nSPS) is 13.6. The molecule has 0 saturated heterocycles. The van der Waals surface area contributed by atoms with E-state index in [2.05, 4.69) is 39.5 Å². The fourth-order valence-corrected chi connectivity index (χ4v) is 2.48. The van der Waals surface area contributed by atoms with Crippen molar-refractivity contribution in [2.75, 3.05) is 6.54 Å². The smallest absolute Gasteiger partial charge is 0.115 e. The molecule has 1 rings (SSSR count). The Labute approximate surface area is 112 Å². The van der Waals surface area contributed by atoms with Crippen LogP contribution in [0.1, 0.15) is 52.6 Å². The topological polar surface area (TPSA) is 23.5 Å². The molecule has 0 fully saturated rings. The van der Waals surface area contributed by atoms with Crippen molar-refractivity contribution in [2.45, 2.75) is 53.1 Å². The minimum Gasteiger partial charge on any atom is -0.508 e. The summed E-state index contributed by atoms with van der Waals surface area (Å²) in [6, 6.07) is 8.62. The van der Waals surface area contributed by atoms with Crippen molar-refractivity contribution in [1.29, 1.82) is 0 Å². The third kappa shape index (κ3) is 4.02. The number of phenols is 1. The van der Waals surface area contributed by atoms with Gasteiger partial charge in [-0.2, -0.15) is 0 Å². The molecule has 102 valence electrons. The van der Waals surface area contributed by atoms with Crippen molar-refractivity contribution < 1.29 is 5.11 Å². The van der Waals surface area contributed by atoms with Crippen molar-refractivity contribution in [3.05, 3.63) is 29.8 Å². The zero-order valence-corrected chi connectivity index (χ0v) is 12.4. The Balaban J connectivity index is 2.94. The Kier molecular flexibility index (Phi) is 5.67. The molecule has 1 aromatic carbocycles. The lowest BCUT2D eigenvalue weighted by atomic mass is 9.99. The number of benzene rings is 1. The number of phenolic OH excluding ortho intramolecular Hbond substituents is 1. The number of hydrogen-bond acceptors (Lipinski definition) is 2. The first-order valence-corrected chi connectivity index (χ1v) is 7.00. The SMILES string of the molecule is CCC(c1ccc(O)cc1)N(CC(C)C)C(C)C. The van der Waals surface area contributed by atoms with Crippen LogP contribution in [0.15, 0.2) is 24.3 Å². The molecule has 0 aliphatic heterocycles. The second-order valence-electron chi connectivity index (χ2n) is 5.70. The van der Waals surface area contributed by atoms with Gasteiger partial charge in [0.2, 0.25) is 0 Å². The monoisotopic (exact) mass is 249 g/mol. The molecular weight excluding hydrogens is 222 g/mol. The van der Waals surface area contributed by atoms with Gasteiger partial charge in [-0.3, -0.25) is 4.90 Å². The molecule has 18 heavy (non-hydrogen) atoms. The van der Waals surface area contributed by atoms with E-state index < -0.39 is 0 Å². The van der Waals surface area contributed by atoms with Gasteiger partial charge in [-0.05, 0) is 43.9 Å². The third-order valence-electron chi connectivity index (χ3n) is 3.30. The molecule has 0 aliphatic carbocycles. The summed E-state index contributed by atoms with van der Waals surface area (Å²) in [6.45, 7) is 12.4. The molecule has 0 heterocycles.